The number of halogens is 2. The van der Waals surface area contributed by atoms with Crippen molar-refractivity contribution < 1.29 is 22.0 Å². The molecule has 214 valence electrons. The highest BCUT2D eigenvalue weighted by Crippen LogP contribution is 2.29. The number of nitrogens with one attached hydrogen (secondary N) is 3. The fourth-order valence-electron chi connectivity index (χ4n) is 4.79. The van der Waals surface area contributed by atoms with Crippen LogP contribution in [0, 0.1) is 5.82 Å². The summed E-state index contributed by atoms with van der Waals surface area (Å²) in [5.74, 6) is 0.184. The van der Waals surface area contributed by atoms with Crippen molar-refractivity contribution in [2.45, 2.75) is 23.9 Å². The van der Waals surface area contributed by atoms with Crippen LogP contribution in [0.5, 0.6) is 0 Å². The van der Waals surface area contributed by atoms with Crippen molar-refractivity contribution in [2.75, 3.05) is 23.7 Å². The predicted molar refractivity (Wildman–Crippen MR) is 154 cm³/mol. The molecule has 0 unspecified atom stereocenters. The molecule has 10 nitrogen and oxygen atoms in total. The zero-order valence-electron chi connectivity index (χ0n) is 22.1. The van der Waals surface area contributed by atoms with Crippen LogP contribution in [-0.2, 0) is 21.2 Å². The number of fused-ring (bicyclic) bond motifs is 1. The first kappa shape index (κ1) is 27.4. The van der Waals surface area contributed by atoms with E-state index in [9.17, 15) is 22.0 Å². The number of H-pyrrole nitrogens is 1. The first-order valence-electron chi connectivity index (χ1n) is 13.1. The predicted octanol–water partition coefficient (Wildman–Crippen LogP) is 4.82. The molecule has 0 radical (unpaired) electrons. The number of benzene rings is 3. The lowest BCUT2D eigenvalue weighted by Crippen LogP contribution is -2.29. The van der Waals surface area contributed by atoms with Crippen LogP contribution in [-0.4, -0.2) is 58.1 Å². The summed E-state index contributed by atoms with van der Waals surface area (Å²) in [6.45, 7) is 0.0633. The summed E-state index contributed by atoms with van der Waals surface area (Å²) in [4.78, 5) is 21.2. The van der Waals surface area contributed by atoms with Crippen LogP contribution in [0.4, 0.5) is 26.1 Å². The lowest BCUT2D eigenvalue weighted by atomic mass is 10.0. The number of amides is 1. The Kier molecular flexibility index (Phi) is 7.35. The molecule has 0 bridgehead atoms. The second-order valence-electron chi connectivity index (χ2n) is 9.87. The monoisotopic (exact) mass is 589 g/mol. The van der Waals surface area contributed by atoms with Gasteiger partial charge in [-0.15, -0.1) is 0 Å². The normalized spacial score (nSPS) is 15.6. The first-order chi connectivity index (χ1) is 20.2. The minimum absolute atomic E-state index is 0.00751. The van der Waals surface area contributed by atoms with E-state index in [0.717, 1.165) is 16.5 Å². The molecule has 1 amide bonds. The average molecular weight is 590 g/mol. The van der Waals surface area contributed by atoms with Gasteiger partial charge in [0.25, 0.3) is 0 Å². The molecule has 6 rings (SSSR count). The van der Waals surface area contributed by atoms with Crippen LogP contribution in [0.3, 0.4) is 0 Å². The van der Waals surface area contributed by atoms with E-state index in [-0.39, 0.29) is 36.7 Å². The molecule has 1 saturated heterocycles. The molecule has 0 saturated carbocycles. The molecule has 1 atom stereocenters. The molecular formula is C29H25F2N7O3S. The van der Waals surface area contributed by atoms with Crippen molar-refractivity contribution >= 4 is 44.2 Å². The van der Waals surface area contributed by atoms with E-state index in [1.165, 1.54) is 41.0 Å². The van der Waals surface area contributed by atoms with E-state index >= 15 is 0 Å². The summed E-state index contributed by atoms with van der Waals surface area (Å²) in [5, 5.41) is 13.5. The van der Waals surface area contributed by atoms with Crippen molar-refractivity contribution in [2.24, 2.45) is 0 Å². The lowest BCUT2D eigenvalue weighted by molar-refractivity contribution is -0.115. The number of aromatic nitrogens is 4. The third-order valence-corrected chi connectivity index (χ3v) is 8.77. The topological polar surface area (TPSA) is 133 Å². The van der Waals surface area contributed by atoms with Gasteiger partial charge in [-0.25, -0.2) is 27.2 Å². The number of nitrogens with zero attached hydrogens (tertiary/aromatic N) is 4. The molecule has 0 aliphatic carbocycles. The number of hydrogen-bond donors (Lipinski definition) is 3. The number of carbonyl (C=O) groups is 1. The number of aromatic amines is 1. The van der Waals surface area contributed by atoms with Gasteiger partial charge in [0.2, 0.25) is 15.9 Å². The second kappa shape index (κ2) is 11.3. The van der Waals surface area contributed by atoms with E-state index in [4.69, 9.17) is 0 Å². The summed E-state index contributed by atoms with van der Waals surface area (Å²) in [6.07, 6.45) is 0.503. The average Bonchev–Trinajstić information content (AvgIpc) is 3.62. The van der Waals surface area contributed by atoms with Crippen molar-refractivity contribution in [3.05, 3.63) is 90.6 Å². The molecule has 13 heteroatoms. The number of anilines is 3. The molecule has 3 aromatic carbocycles. The minimum Gasteiger partial charge on any atom is -0.326 e. The zero-order chi connectivity index (χ0) is 29.3. The maximum atomic E-state index is 13.6. The SMILES string of the molecule is O=C(Cc1cc(Nc2ncnc3cc(-c4ccc(S(=O)(=O)N5CC[C@@H](F)C5)cc4)ccc23)n[nH]1)Nc1cccc(F)c1. The standard InChI is InChI=1S/C29H25F2N7O3S/c30-20-2-1-3-22(13-20)34-28(39)15-23-14-27(37-36-23)35-29-25-9-6-19(12-26(25)32-17-33-29)18-4-7-24(8-5-18)42(40,41)38-11-10-21(31)16-38/h1-9,12-14,17,21H,10-11,15-16H2,(H,34,39)(H2,32,33,35,36,37)/t21-/m1/s1. The highest BCUT2D eigenvalue weighted by Gasteiger charge is 2.32. The van der Waals surface area contributed by atoms with Crippen molar-refractivity contribution in [1.82, 2.24) is 24.5 Å². The van der Waals surface area contributed by atoms with Crippen LogP contribution in [0.25, 0.3) is 22.0 Å². The fraction of sp³-hybridized carbons (Fsp3) is 0.172. The fourth-order valence-corrected chi connectivity index (χ4v) is 6.27. The smallest absolute Gasteiger partial charge is 0.243 e. The molecule has 3 heterocycles. The van der Waals surface area contributed by atoms with Gasteiger partial charge in [-0.3, -0.25) is 9.89 Å². The highest BCUT2D eigenvalue weighted by atomic mass is 32.2. The Morgan fingerprint density at radius 2 is 1.83 bits per heavy atom. The molecule has 1 fully saturated rings. The van der Waals surface area contributed by atoms with Crippen molar-refractivity contribution in [3.8, 4) is 11.1 Å². The van der Waals surface area contributed by atoms with E-state index in [1.54, 1.807) is 24.3 Å². The third-order valence-electron chi connectivity index (χ3n) is 6.89. The number of rotatable bonds is 8. The van der Waals surface area contributed by atoms with E-state index in [2.05, 4.69) is 30.8 Å². The van der Waals surface area contributed by atoms with Crippen LogP contribution in [0.15, 0.2) is 84.0 Å². The van der Waals surface area contributed by atoms with Gasteiger partial charge in [0.15, 0.2) is 5.82 Å². The summed E-state index contributed by atoms with van der Waals surface area (Å²) < 4.78 is 53.8. The summed E-state index contributed by atoms with van der Waals surface area (Å²) >= 11 is 0. The largest absolute Gasteiger partial charge is 0.326 e. The molecule has 1 aliphatic heterocycles. The van der Waals surface area contributed by atoms with Gasteiger partial charge in [0.05, 0.1) is 16.8 Å². The Bertz CT molecular complexity index is 1880. The maximum absolute atomic E-state index is 13.6. The summed E-state index contributed by atoms with van der Waals surface area (Å²) in [6, 6.07) is 19.4. The Labute approximate surface area is 239 Å². The number of carbonyl (C=O) groups excluding carboxylic acids is 1. The molecular weight excluding hydrogens is 564 g/mol. The van der Waals surface area contributed by atoms with Gasteiger partial charge in [0, 0.05) is 35.9 Å². The van der Waals surface area contributed by atoms with Gasteiger partial charge in [-0.05, 0) is 60.0 Å². The van der Waals surface area contributed by atoms with Gasteiger partial charge in [-0.1, -0.05) is 24.3 Å². The molecule has 42 heavy (non-hydrogen) atoms. The zero-order valence-corrected chi connectivity index (χ0v) is 22.9. The van der Waals surface area contributed by atoms with E-state index in [0.29, 0.717) is 28.5 Å². The van der Waals surface area contributed by atoms with E-state index < -0.39 is 22.0 Å². The number of hydrogen-bond acceptors (Lipinski definition) is 7. The molecule has 5 aromatic rings. The lowest BCUT2D eigenvalue weighted by Gasteiger charge is -2.15. The van der Waals surface area contributed by atoms with Crippen LogP contribution in [0.2, 0.25) is 0 Å². The highest BCUT2D eigenvalue weighted by molar-refractivity contribution is 7.89. The maximum Gasteiger partial charge on any atom is 0.243 e. The van der Waals surface area contributed by atoms with Gasteiger partial charge in [-0.2, -0.15) is 9.40 Å². The van der Waals surface area contributed by atoms with Crippen molar-refractivity contribution in [3.63, 3.8) is 0 Å². The van der Waals surface area contributed by atoms with Gasteiger partial charge < -0.3 is 10.6 Å². The minimum atomic E-state index is -3.74. The Balaban J connectivity index is 1.15. The first-order valence-corrected chi connectivity index (χ1v) is 14.5. The van der Waals surface area contributed by atoms with Gasteiger partial charge >= 0.3 is 0 Å². The molecule has 2 aromatic heterocycles. The molecule has 3 N–H and O–H groups in total. The van der Waals surface area contributed by atoms with Crippen molar-refractivity contribution in [1.29, 1.82) is 0 Å². The molecule has 1 aliphatic rings. The van der Waals surface area contributed by atoms with Gasteiger partial charge in [0.1, 0.15) is 24.1 Å². The van der Waals surface area contributed by atoms with Crippen LogP contribution >= 0.6 is 0 Å². The molecule has 0 spiro atoms. The summed E-state index contributed by atoms with van der Waals surface area (Å²) in [5.41, 5.74) is 3.18. The quantitative estimate of drug-likeness (QED) is 0.236. The van der Waals surface area contributed by atoms with Crippen LogP contribution < -0.4 is 10.6 Å². The third kappa shape index (κ3) is 5.83. The Morgan fingerprint density at radius 3 is 2.60 bits per heavy atom. The number of sulfonamides is 1. The second-order valence-corrected chi connectivity index (χ2v) is 11.8. The van der Waals surface area contributed by atoms with E-state index in [1.807, 2.05) is 18.2 Å². The van der Waals surface area contributed by atoms with Crippen LogP contribution in [0.1, 0.15) is 12.1 Å². The Hall–Kier alpha value is -4.75. The number of alkyl halides is 1. The Morgan fingerprint density at radius 1 is 1.02 bits per heavy atom. The summed E-state index contributed by atoms with van der Waals surface area (Å²) in [7, 11) is -3.74.